The quantitative estimate of drug-likeness (QED) is 0.857. The molecule has 1 aliphatic rings. The van der Waals surface area contributed by atoms with Crippen LogP contribution in [0.4, 0.5) is 11.8 Å². The Bertz CT molecular complexity index is 570. The smallest absolute Gasteiger partial charge is 0.222 e. The monoisotopic (exact) mass is 258 g/mol. The summed E-state index contributed by atoms with van der Waals surface area (Å²) in [6, 6.07) is 2.29. The van der Waals surface area contributed by atoms with E-state index in [0.717, 1.165) is 30.9 Å². The maximum atomic E-state index is 5.75. The number of nitrogen functional groups attached to an aromatic ring is 1. The molecule has 1 fully saturated rings. The van der Waals surface area contributed by atoms with Gasteiger partial charge in [0.05, 0.1) is 17.9 Å². The van der Waals surface area contributed by atoms with Crippen LogP contribution in [-0.4, -0.2) is 26.7 Å². The van der Waals surface area contributed by atoms with Gasteiger partial charge in [-0.15, -0.1) is 0 Å². The molecule has 0 amide bonds. The van der Waals surface area contributed by atoms with E-state index in [1.165, 1.54) is 11.3 Å². The zero-order valence-electron chi connectivity index (χ0n) is 11.2. The van der Waals surface area contributed by atoms with E-state index >= 15 is 0 Å². The molecular formula is C13H18N6. The Balaban J connectivity index is 1.97. The van der Waals surface area contributed by atoms with E-state index in [0.29, 0.717) is 12.0 Å². The highest BCUT2D eigenvalue weighted by Crippen LogP contribution is 2.35. The number of aromatic nitrogens is 4. The van der Waals surface area contributed by atoms with Gasteiger partial charge in [0, 0.05) is 18.3 Å². The number of aromatic amines is 1. The third-order valence-electron chi connectivity index (χ3n) is 3.61. The van der Waals surface area contributed by atoms with Crippen LogP contribution >= 0.6 is 0 Å². The molecule has 0 spiro atoms. The van der Waals surface area contributed by atoms with Crippen molar-refractivity contribution >= 4 is 11.8 Å². The lowest BCUT2D eigenvalue weighted by molar-refractivity contribution is 0.679. The van der Waals surface area contributed by atoms with Crippen LogP contribution in [-0.2, 0) is 0 Å². The molecule has 0 bridgehead atoms. The largest absolute Gasteiger partial charge is 0.368 e. The van der Waals surface area contributed by atoms with Gasteiger partial charge in [0.2, 0.25) is 5.95 Å². The predicted molar refractivity (Wildman–Crippen MR) is 73.8 cm³/mol. The van der Waals surface area contributed by atoms with E-state index in [1.807, 2.05) is 19.2 Å². The molecule has 19 heavy (non-hydrogen) atoms. The minimum absolute atomic E-state index is 0.302. The van der Waals surface area contributed by atoms with Crippen LogP contribution in [0.1, 0.15) is 35.8 Å². The van der Waals surface area contributed by atoms with Crippen molar-refractivity contribution in [2.75, 3.05) is 17.2 Å². The number of aryl methyl sites for hydroxylation is 2. The van der Waals surface area contributed by atoms with E-state index in [9.17, 15) is 0 Å². The number of nitrogens with zero attached hydrogens (tertiary/aromatic N) is 4. The summed E-state index contributed by atoms with van der Waals surface area (Å²) in [5.41, 5.74) is 9.01. The molecule has 6 heteroatoms. The molecule has 2 aromatic rings. The number of hydrogen-bond acceptors (Lipinski definition) is 5. The summed E-state index contributed by atoms with van der Waals surface area (Å²) in [5.74, 6) is 1.24. The van der Waals surface area contributed by atoms with Crippen LogP contribution in [0.5, 0.6) is 0 Å². The van der Waals surface area contributed by atoms with E-state index in [1.54, 1.807) is 0 Å². The Morgan fingerprint density at radius 1 is 1.37 bits per heavy atom. The van der Waals surface area contributed by atoms with Gasteiger partial charge in [0.1, 0.15) is 5.82 Å². The summed E-state index contributed by atoms with van der Waals surface area (Å²) in [7, 11) is 0. The Labute approximate surface area is 112 Å². The van der Waals surface area contributed by atoms with Crippen molar-refractivity contribution in [3.63, 3.8) is 0 Å². The van der Waals surface area contributed by atoms with Crippen LogP contribution in [0.15, 0.2) is 12.3 Å². The molecule has 2 aromatic heterocycles. The maximum absolute atomic E-state index is 5.75. The molecule has 3 heterocycles. The number of nitrogens with one attached hydrogen (secondary N) is 1. The molecule has 1 aliphatic heterocycles. The molecule has 0 aromatic carbocycles. The highest BCUT2D eigenvalue weighted by atomic mass is 15.3. The van der Waals surface area contributed by atoms with Crippen molar-refractivity contribution in [1.29, 1.82) is 0 Å². The van der Waals surface area contributed by atoms with Crippen LogP contribution in [0.2, 0.25) is 0 Å². The third-order valence-corrected chi connectivity index (χ3v) is 3.61. The van der Waals surface area contributed by atoms with Crippen molar-refractivity contribution in [2.24, 2.45) is 0 Å². The number of rotatable bonds is 2. The first-order valence-electron chi connectivity index (χ1n) is 6.53. The molecular weight excluding hydrogens is 240 g/mol. The fourth-order valence-corrected chi connectivity index (χ4v) is 2.76. The minimum Gasteiger partial charge on any atom is -0.368 e. The number of hydrogen-bond donors (Lipinski definition) is 2. The molecule has 100 valence electrons. The highest BCUT2D eigenvalue weighted by molar-refractivity contribution is 5.47. The van der Waals surface area contributed by atoms with Gasteiger partial charge in [-0.25, -0.2) is 4.98 Å². The van der Waals surface area contributed by atoms with Crippen molar-refractivity contribution in [2.45, 2.75) is 32.7 Å². The molecule has 1 saturated heterocycles. The second-order valence-electron chi connectivity index (χ2n) is 5.04. The van der Waals surface area contributed by atoms with Gasteiger partial charge in [-0.3, -0.25) is 5.10 Å². The van der Waals surface area contributed by atoms with Gasteiger partial charge >= 0.3 is 0 Å². The second kappa shape index (κ2) is 4.53. The molecule has 0 saturated carbocycles. The Kier molecular flexibility index (Phi) is 2.85. The SMILES string of the molecule is Cc1cc(N2CCCC2c2[nH]ncc2C)nc(N)n1. The zero-order valence-corrected chi connectivity index (χ0v) is 11.2. The van der Waals surface area contributed by atoms with Crippen molar-refractivity contribution in [3.05, 3.63) is 29.2 Å². The summed E-state index contributed by atoms with van der Waals surface area (Å²) in [6.07, 6.45) is 4.11. The summed E-state index contributed by atoms with van der Waals surface area (Å²) < 4.78 is 0. The molecule has 0 radical (unpaired) electrons. The fourth-order valence-electron chi connectivity index (χ4n) is 2.76. The first-order valence-corrected chi connectivity index (χ1v) is 6.53. The van der Waals surface area contributed by atoms with E-state index in [-0.39, 0.29) is 0 Å². The lowest BCUT2D eigenvalue weighted by Crippen LogP contribution is -2.25. The van der Waals surface area contributed by atoms with Gasteiger partial charge in [-0.05, 0) is 32.3 Å². The molecule has 0 aliphatic carbocycles. The topological polar surface area (TPSA) is 83.7 Å². The lowest BCUT2D eigenvalue weighted by Gasteiger charge is -2.25. The fraction of sp³-hybridized carbons (Fsp3) is 0.462. The minimum atomic E-state index is 0.302. The molecule has 1 atom stereocenters. The summed E-state index contributed by atoms with van der Waals surface area (Å²) >= 11 is 0. The summed E-state index contributed by atoms with van der Waals surface area (Å²) in [4.78, 5) is 10.8. The zero-order chi connectivity index (χ0) is 13.4. The van der Waals surface area contributed by atoms with E-state index in [4.69, 9.17) is 5.73 Å². The van der Waals surface area contributed by atoms with Crippen LogP contribution in [0.25, 0.3) is 0 Å². The molecule has 6 nitrogen and oxygen atoms in total. The summed E-state index contributed by atoms with van der Waals surface area (Å²) in [5, 5.41) is 7.23. The van der Waals surface area contributed by atoms with Gasteiger partial charge in [-0.1, -0.05) is 0 Å². The second-order valence-corrected chi connectivity index (χ2v) is 5.04. The van der Waals surface area contributed by atoms with Gasteiger partial charge in [0.25, 0.3) is 0 Å². The van der Waals surface area contributed by atoms with Crippen molar-refractivity contribution < 1.29 is 0 Å². The first-order chi connectivity index (χ1) is 9.15. The number of anilines is 2. The third kappa shape index (κ3) is 2.14. The van der Waals surface area contributed by atoms with Gasteiger partial charge in [-0.2, -0.15) is 10.1 Å². The number of H-pyrrole nitrogens is 1. The normalized spacial score (nSPS) is 19.1. The first kappa shape index (κ1) is 12.0. The lowest BCUT2D eigenvalue weighted by atomic mass is 10.1. The van der Waals surface area contributed by atoms with Crippen LogP contribution < -0.4 is 10.6 Å². The Morgan fingerprint density at radius 3 is 2.89 bits per heavy atom. The van der Waals surface area contributed by atoms with Crippen LogP contribution in [0.3, 0.4) is 0 Å². The highest BCUT2D eigenvalue weighted by Gasteiger charge is 2.29. The molecule has 1 unspecified atom stereocenters. The molecule has 3 rings (SSSR count). The standard InChI is InChI=1S/C13H18N6/c1-8-7-15-18-12(8)10-4-3-5-19(10)11-6-9(2)16-13(14)17-11/h6-7,10H,3-5H2,1-2H3,(H,15,18)(H2,14,16,17). The van der Waals surface area contributed by atoms with Crippen molar-refractivity contribution in [1.82, 2.24) is 20.2 Å². The van der Waals surface area contributed by atoms with E-state index < -0.39 is 0 Å². The molecule has 3 N–H and O–H groups in total. The average molecular weight is 258 g/mol. The summed E-state index contributed by atoms with van der Waals surface area (Å²) in [6.45, 7) is 5.00. The van der Waals surface area contributed by atoms with E-state index in [2.05, 4.69) is 32.0 Å². The van der Waals surface area contributed by atoms with Crippen LogP contribution in [0, 0.1) is 13.8 Å². The van der Waals surface area contributed by atoms with Crippen molar-refractivity contribution in [3.8, 4) is 0 Å². The maximum Gasteiger partial charge on any atom is 0.222 e. The van der Waals surface area contributed by atoms with Gasteiger partial charge in [0.15, 0.2) is 0 Å². The Morgan fingerprint density at radius 2 is 2.21 bits per heavy atom. The van der Waals surface area contributed by atoms with Gasteiger partial charge < -0.3 is 10.6 Å². The Hall–Kier alpha value is -2.11. The average Bonchev–Trinajstić information content (AvgIpc) is 2.95. The number of nitrogens with two attached hydrogens (primary N) is 1. The predicted octanol–water partition coefficient (Wildman–Crippen LogP) is 1.74.